The number of benzene rings is 1. The van der Waals surface area contributed by atoms with Gasteiger partial charge in [-0.25, -0.2) is 4.98 Å². The summed E-state index contributed by atoms with van der Waals surface area (Å²) in [4.78, 5) is 16.8. The van der Waals surface area contributed by atoms with Crippen molar-refractivity contribution in [2.75, 3.05) is 12.8 Å². The molecular weight excluding hydrogens is 438 g/mol. The number of carbonyl (C=O) groups is 1. The zero-order valence-corrected chi connectivity index (χ0v) is 19.8. The number of hydrogen-bond acceptors (Lipinski definition) is 6. The van der Waals surface area contributed by atoms with Crippen LogP contribution in [0.15, 0.2) is 34.8 Å². The number of carbonyl (C=O) groups excluding carboxylic acids is 1. The van der Waals surface area contributed by atoms with Gasteiger partial charge in [0.25, 0.3) is 0 Å². The minimum atomic E-state index is -0.0283. The number of thiazole rings is 1. The molecule has 1 N–H and O–H groups in total. The predicted molar refractivity (Wildman–Crippen MR) is 124 cm³/mol. The number of halogens is 1. The third kappa shape index (κ3) is 6.06. The van der Waals surface area contributed by atoms with Gasteiger partial charge in [0.15, 0.2) is 5.16 Å². The molecule has 0 unspecified atom stereocenters. The van der Waals surface area contributed by atoms with Crippen LogP contribution in [0.1, 0.15) is 31.8 Å². The van der Waals surface area contributed by atoms with Gasteiger partial charge in [-0.05, 0) is 24.7 Å². The fraction of sp³-hybridized carbons (Fsp3) is 0.429. The fourth-order valence-corrected chi connectivity index (χ4v) is 4.71. The van der Waals surface area contributed by atoms with Crippen LogP contribution in [-0.4, -0.2) is 38.5 Å². The molecule has 0 fully saturated rings. The van der Waals surface area contributed by atoms with Gasteiger partial charge in [-0.3, -0.25) is 4.79 Å². The Labute approximate surface area is 190 Å². The van der Waals surface area contributed by atoms with Crippen molar-refractivity contribution in [2.24, 2.45) is 5.92 Å². The number of nitrogens with zero attached hydrogens (tertiary/aromatic N) is 4. The first-order chi connectivity index (χ1) is 14.5. The average molecular weight is 464 g/mol. The average Bonchev–Trinajstić information content (AvgIpc) is 3.32. The second kappa shape index (κ2) is 10.9. The summed E-state index contributed by atoms with van der Waals surface area (Å²) in [5, 5.41) is 15.9. The lowest BCUT2D eigenvalue weighted by Crippen LogP contribution is -2.26. The maximum Gasteiger partial charge on any atom is 0.226 e. The van der Waals surface area contributed by atoms with Gasteiger partial charge in [0.1, 0.15) is 10.8 Å². The zero-order chi connectivity index (χ0) is 21.5. The Hall–Kier alpha value is -1.90. The highest BCUT2D eigenvalue weighted by atomic mass is 35.5. The molecule has 0 aliphatic carbocycles. The Morgan fingerprint density at radius 3 is 2.83 bits per heavy atom. The molecule has 2 heterocycles. The number of aromatic nitrogens is 4. The van der Waals surface area contributed by atoms with E-state index in [0.29, 0.717) is 17.5 Å². The van der Waals surface area contributed by atoms with E-state index in [1.165, 1.54) is 11.3 Å². The van der Waals surface area contributed by atoms with E-state index in [1.54, 1.807) is 11.8 Å². The first kappa shape index (κ1) is 22.8. The topological polar surface area (TPSA) is 72.7 Å². The van der Waals surface area contributed by atoms with Gasteiger partial charge >= 0.3 is 0 Å². The van der Waals surface area contributed by atoms with E-state index in [4.69, 9.17) is 11.6 Å². The van der Waals surface area contributed by atoms with Gasteiger partial charge in [0, 0.05) is 30.5 Å². The Kier molecular flexibility index (Phi) is 8.30. The summed E-state index contributed by atoms with van der Waals surface area (Å²) in [6.45, 7) is 5.87. The molecule has 2 aromatic heterocycles. The normalized spacial score (nSPS) is 11.2. The number of hydrogen-bond donors (Lipinski definition) is 1. The minimum Gasteiger partial charge on any atom is -0.356 e. The first-order valence-electron chi connectivity index (χ1n) is 9.90. The van der Waals surface area contributed by atoms with Gasteiger partial charge in [0.05, 0.1) is 17.1 Å². The molecule has 6 nitrogen and oxygen atoms in total. The summed E-state index contributed by atoms with van der Waals surface area (Å²) in [7, 11) is 0. The van der Waals surface area contributed by atoms with Crippen LogP contribution >= 0.6 is 34.7 Å². The van der Waals surface area contributed by atoms with E-state index < -0.39 is 0 Å². The lowest BCUT2D eigenvalue weighted by molar-refractivity contribution is -0.120. The number of thioether (sulfide) groups is 1. The molecule has 0 saturated heterocycles. The summed E-state index contributed by atoms with van der Waals surface area (Å²) < 4.78 is 2.18. The van der Waals surface area contributed by atoms with Crippen LogP contribution in [0.25, 0.3) is 10.6 Å². The Morgan fingerprint density at radius 2 is 2.10 bits per heavy atom. The van der Waals surface area contributed by atoms with E-state index in [-0.39, 0.29) is 12.3 Å². The molecule has 1 aromatic carbocycles. The molecular formula is C21H26ClN5OS2. The largest absolute Gasteiger partial charge is 0.356 e. The van der Waals surface area contributed by atoms with Crippen LogP contribution in [0.3, 0.4) is 0 Å². The van der Waals surface area contributed by atoms with E-state index in [0.717, 1.165) is 46.6 Å². The van der Waals surface area contributed by atoms with E-state index in [9.17, 15) is 4.79 Å². The smallest absolute Gasteiger partial charge is 0.226 e. The van der Waals surface area contributed by atoms with Crippen LogP contribution in [0, 0.1) is 5.92 Å². The highest BCUT2D eigenvalue weighted by Gasteiger charge is 2.13. The SMILES string of the molecule is CSc1nnc(CCCNC(=O)Cc2csc(-c3ccccc3Cl)n2)n1CC(C)C. The van der Waals surface area contributed by atoms with Gasteiger partial charge < -0.3 is 9.88 Å². The van der Waals surface area contributed by atoms with Crippen molar-refractivity contribution in [3.8, 4) is 10.6 Å². The lowest BCUT2D eigenvalue weighted by atomic mass is 10.2. The number of aryl methyl sites for hydroxylation is 1. The number of amides is 1. The third-order valence-corrected chi connectivity index (χ3v) is 6.34. The zero-order valence-electron chi connectivity index (χ0n) is 17.4. The van der Waals surface area contributed by atoms with Crippen molar-refractivity contribution < 1.29 is 4.79 Å². The molecule has 0 bridgehead atoms. The Bertz CT molecular complexity index is 985. The second-order valence-corrected chi connectivity index (χ2v) is 9.40. The number of nitrogens with one attached hydrogen (secondary N) is 1. The van der Waals surface area contributed by atoms with Crippen molar-refractivity contribution >= 4 is 40.6 Å². The van der Waals surface area contributed by atoms with E-state index in [1.807, 2.05) is 35.9 Å². The molecule has 9 heteroatoms. The second-order valence-electron chi connectivity index (χ2n) is 7.36. The molecule has 0 aliphatic heterocycles. The van der Waals surface area contributed by atoms with Crippen LogP contribution in [0.4, 0.5) is 0 Å². The van der Waals surface area contributed by atoms with Crippen LogP contribution < -0.4 is 5.32 Å². The lowest BCUT2D eigenvalue weighted by Gasteiger charge is -2.11. The van der Waals surface area contributed by atoms with Gasteiger partial charge in [-0.2, -0.15) is 0 Å². The van der Waals surface area contributed by atoms with Gasteiger partial charge in [-0.15, -0.1) is 21.5 Å². The van der Waals surface area contributed by atoms with E-state index in [2.05, 4.69) is 38.9 Å². The standard InChI is InChI=1S/C21H26ClN5OS2/c1-14(2)12-27-18(25-26-21(27)29-3)9-6-10-23-19(28)11-15-13-30-20(24-15)16-7-4-5-8-17(16)22/h4-5,7-8,13-14H,6,9-12H2,1-3H3,(H,23,28). The molecule has 3 aromatic rings. The molecule has 1 amide bonds. The van der Waals surface area contributed by atoms with Gasteiger partial charge in [0.2, 0.25) is 5.91 Å². The van der Waals surface area contributed by atoms with Crippen LogP contribution in [0.5, 0.6) is 0 Å². The molecule has 160 valence electrons. The van der Waals surface area contributed by atoms with Crippen molar-refractivity contribution in [1.29, 1.82) is 0 Å². The summed E-state index contributed by atoms with van der Waals surface area (Å²) in [6, 6.07) is 7.60. The van der Waals surface area contributed by atoms with Gasteiger partial charge in [-0.1, -0.05) is 55.4 Å². The van der Waals surface area contributed by atoms with Crippen LogP contribution in [-0.2, 0) is 24.2 Å². The molecule has 0 spiro atoms. The highest BCUT2D eigenvalue weighted by molar-refractivity contribution is 7.98. The third-order valence-electron chi connectivity index (χ3n) is 4.42. The van der Waals surface area contributed by atoms with E-state index >= 15 is 0 Å². The monoisotopic (exact) mass is 463 g/mol. The summed E-state index contributed by atoms with van der Waals surface area (Å²) in [5.41, 5.74) is 1.65. The summed E-state index contributed by atoms with van der Waals surface area (Å²) in [5.74, 6) is 1.48. The minimum absolute atomic E-state index is 0.0283. The molecule has 0 atom stereocenters. The summed E-state index contributed by atoms with van der Waals surface area (Å²) >= 11 is 9.34. The Balaban J connectivity index is 1.47. The van der Waals surface area contributed by atoms with Crippen LogP contribution in [0.2, 0.25) is 5.02 Å². The Morgan fingerprint density at radius 1 is 1.30 bits per heavy atom. The maximum atomic E-state index is 12.3. The van der Waals surface area contributed by atoms with Crippen molar-refractivity contribution in [3.05, 3.63) is 46.2 Å². The molecule has 0 saturated carbocycles. The van der Waals surface area contributed by atoms with Crippen molar-refractivity contribution in [3.63, 3.8) is 0 Å². The predicted octanol–water partition coefficient (Wildman–Crippen LogP) is 4.72. The number of rotatable bonds is 10. The highest BCUT2D eigenvalue weighted by Crippen LogP contribution is 2.30. The maximum absolute atomic E-state index is 12.3. The van der Waals surface area contributed by atoms with Crippen molar-refractivity contribution in [2.45, 2.75) is 44.8 Å². The first-order valence-corrected chi connectivity index (χ1v) is 12.4. The quantitative estimate of drug-likeness (QED) is 0.347. The van der Waals surface area contributed by atoms with Crippen molar-refractivity contribution in [1.82, 2.24) is 25.1 Å². The summed E-state index contributed by atoms with van der Waals surface area (Å²) in [6.07, 6.45) is 3.88. The molecule has 3 rings (SSSR count). The molecule has 30 heavy (non-hydrogen) atoms. The molecule has 0 aliphatic rings. The molecule has 0 radical (unpaired) electrons. The fourth-order valence-electron chi connectivity index (χ4n) is 3.05.